The monoisotopic (exact) mass is 527 g/mol. The highest BCUT2D eigenvalue weighted by Gasteiger charge is 2.32. The molecular formula is C25H25N3O8S. The van der Waals surface area contributed by atoms with Gasteiger partial charge in [-0.25, -0.2) is 22.5 Å². The second-order valence-electron chi connectivity index (χ2n) is 8.00. The summed E-state index contributed by atoms with van der Waals surface area (Å²) in [5.74, 6) is -0.989. The summed E-state index contributed by atoms with van der Waals surface area (Å²) in [6.45, 7) is 3.63. The fraction of sp³-hybridized carbons (Fsp3) is 0.240. The highest BCUT2D eigenvalue weighted by Crippen LogP contribution is 2.34. The molecule has 0 fully saturated rings. The third-order valence-electron chi connectivity index (χ3n) is 5.62. The normalized spacial score (nSPS) is 11.5. The molecule has 0 aliphatic rings. The van der Waals surface area contributed by atoms with E-state index in [9.17, 15) is 13.2 Å². The van der Waals surface area contributed by atoms with Crippen molar-refractivity contribution in [3.63, 3.8) is 0 Å². The fourth-order valence-corrected chi connectivity index (χ4v) is 5.06. The molecule has 194 valence electrons. The summed E-state index contributed by atoms with van der Waals surface area (Å²) in [7, 11) is -2.64. The second-order valence-corrected chi connectivity index (χ2v) is 9.83. The summed E-state index contributed by atoms with van der Waals surface area (Å²) in [5.41, 5.74) is 2.53. The Labute approximate surface area is 213 Å². The first-order valence-corrected chi connectivity index (χ1v) is 12.6. The molecule has 0 saturated carbocycles. The number of nitrogens with zero attached hydrogens (tertiary/aromatic N) is 3. The van der Waals surface area contributed by atoms with Gasteiger partial charge < -0.3 is 23.5 Å². The summed E-state index contributed by atoms with van der Waals surface area (Å²) in [5, 5.41) is 13.0. The maximum absolute atomic E-state index is 14.0. The Morgan fingerprint density at radius 3 is 2.38 bits per heavy atom. The Hall–Kier alpha value is -4.00. The van der Waals surface area contributed by atoms with Gasteiger partial charge in [-0.2, -0.15) is 0 Å². The number of carboxylic acid groups (broad SMARTS) is 1. The summed E-state index contributed by atoms with van der Waals surface area (Å²) < 4.78 is 50.1. The minimum absolute atomic E-state index is 0.0378. The second kappa shape index (κ2) is 10.9. The molecule has 0 atom stereocenters. The lowest BCUT2D eigenvalue weighted by Gasteiger charge is -2.23. The maximum Gasteiger partial charge on any atom is 0.357 e. The first-order chi connectivity index (χ1) is 17.7. The van der Waals surface area contributed by atoms with Crippen LogP contribution >= 0.6 is 0 Å². The van der Waals surface area contributed by atoms with E-state index in [1.165, 1.54) is 13.2 Å². The minimum Gasteiger partial charge on any atom is -0.476 e. The number of methoxy groups -OCH3 is 1. The van der Waals surface area contributed by atoms with E-state index in [1.54, 1.807) is 56.3 Å². The van der Waals surface area contributed by atoms with Crippen LogP contribution in [0.3, 0.4) is 0 Å². The van der Waals surface area contributed by atoms with E-state index < -0.39 is 16.0 Å². The molecule has 0 saturated heterocycles. The number of aryl methyl sites for hydroxylation is 1. The first kappa shape index (κ1) is 26.1. The van der Waals surface area contributed by atoms with Crippen molar-refractivity contribution >= 4 is 21.9 Å². The molecule has 0 aliphatic heterocycles. The van der Waals surface area contributed by atoms with Gasteiger partial charge in [0.05, 0.1) is 23.8 Å². The van der Waals surface area contributed by atoms with Crippen molar-refractivity contribution in [2.75, 3.05) is 31.4 Å². The van der Waals surface area contributed by atoms with Crippen LogP contribution in [0.2, 0.25) is 0 Å². The van der Waals surface area contributed by atoms with Crippen molar-refractivity contribution < 1.29 is 36.7 Å². The largest absolute Gasteiger partial charge is 0.476 e. The lowest BCUT2D eigenvalue weighted by molar-refractivity contribution is 0.0690. The lowest BCUT2D eigenvalue weighted by Crippen LogP contribution is -2.34. The van der Waals surface area contributed by atoms with Gasteiger partial charge in [0.2, 0.25) is 11.8 Å². The van der Waals surface area contributed by atoms with Crippen molar-refractivity contribution in [1.29, 1.82) is 0 Å². The number of hydrogen-bond acceptors (Lipinski definition) is 9. The Bertz CT molecular complexity index is 1490. The van der Waals surface area contributed by atoms with Gasteiger partial charge in [0.25, 0.3) is 10.0 Å². The fourth-order valence-electron chi connectivity index (χ4n) is 3.51. The predicted molar refractivity (Wildman–Crippen MR) is 133 cm³/mol. The first-order valence-electron chi connectivity index (χ1n) is 11.1. The third-order valence-corrected chi connectivity index (χ3v) is 7.38. The maximum atomic E-state index is 14.0. The quantitative estimate of drug-likeness (QED) is 0.223. The predicted octanol–water partition coefficient (Wildman–Crippen LogP) is 4.13. The van der Waals surface area contributed by atoms with E-state index in [-0.39, 0.29) is 35.7 Å². The van der Waals surface area contributed by atoms with E-state index in [4.69, 9.17) is 23.5 Å². The molecule has 0 unspecified atom stereocenters. The standard InChI is InChI=1S/C25H25N3O8S/c1-16-17(2)27-36-24(16)28(15-34-13-12-33-3)37(31,32)22-7-5-4-6-20(22)18-8-10-19(11-9-18)23-26-21(14-35-23)25(29)30/h4-11,14H,12-13,15H2,1-3H3,(H,29,30). The number of benzene rings is 2. The number of hydrogen-bond donors (Lipinski definition) is 1. The van der Waals surface area contributed by atoms with E-state index in [0.29, 0.717) is 34.6 Å². The molecule has 2 heterocycles. The number of carboxylic acids is 1. The highest BCUT2D eigenvalue weighted by atomic mass is 32.2. The number of ether oxygens (including phenoxy) is 2. The average Bonchev–Trinajstić information content (AvgIpc) is 3.52. The van der Waals surface area contributed by atoms with Crippen LogP contribution < -0.4 is 4.31 Å². The van der Waals surface area contributed by atoms with E-state index in [1.807, 2.05) is 0 Å². The molecule has 0 radical (unpaired) electrons. The molecule has 4 aromatic rings. The van der Waals surface area contributed by atoms with Crippen molar-refractivity contribution in [1.82, 2.24) is 10.1 Å². The molecule has 2 aromatic heterocycles. The van der Waals surface area contributed by atoms with Crippen molar-refractivity contribution in [2.45, 2.75) is 18.7 Å². The van der Waals surface area contributed by atoms with E-state index >= 15 is 0 Å². The Balaban J connectivity index is 1.71. The SMILES string of the molecule is COCCOCN(c1onc(C)c1C)S(=O)(=O)c1ccccc1-c1ccc(-c2nc(C(=O)O)co2)cc1. The number of anilines is 1. The summed E-state index contributed by atoms with van der Waals surface area (Å²) >= 11 is 0. The molecule has 37 heavy (non-hydrogen) atoms. The zero-order valence-electron chi connectivity index (χ0n) is 20.4. The van der Waals surface area contributed by atoms with Gasteiger partial charge in [0.15, 0.2) is 5.69 Å². The summed E-state index contributed by atoms with van der Waals surface area (Å²) in [6.07, 6.45) is 1.06. The van der Waals surface area contributed by atoms with Gasteiger partial charge in [-0.05, 0) is 37.6 Å². The molecule has 0 amide bonds. The van der Waals surface area contributed by atoms with E-state index in [2.05, 4.69) is 10.1 Å². The number of sulfonamides is 1. The Morgan fingerprint density at radius 1 is 1.05 bits per heavy atom. The van der Waals surface area contributed by atoms with Crippen LogP contribution in [0.5, 0.6) is 0 Å². The lowest BCUT2D eigenvalue weighted by atomic mass is 10.0. The van der Waals surface area contributed by atoms with Crippen molar-refractivity contribution in [2.24, 2.45) is 0 Å². The molecule has 2 aromatic carbocycles. The van der Waals surface area contributed by atoms with Gasteiger partial charge >= 0.3 is 5.97 Å². The Morgan fingerprint density at radius 2 is 1.76 bits per heavy atom. The number of oxazole rings is 1. The third kappa shape index (κ3) is 5.40. The average molecular weight is 528 g/mol. The smallest absolute Gasteiger partial charge is 0.357 e. The summed E-state index contributed by atoms with van der Waals surface area (Å²) in [4.78, 5) is 15.1. The van der Waals surface area contributed by atoms with Crippen LogP contribution in [-0.2, 0) is 19.5 Å². The summed E-state index contributed by atoms with van der Waals surface area (Å²) in [6, 6.07) is 13.3. The zero-order chi connectivity index (χ0) is 26.6. The van der Waals surface area contributed by atoms with E-state index in [0.717, 1.165) is 10.6 Å². The van der Waals surface area contributed by atoms with Crippen LogP contribution in [-0.4, -0.2) is 56.7 Å². The van der Waals surface area contributed by atoms with Crippen molar-refractivity contribution in [3.8, 4) is 22.6 Å². The van der Waals surface area contributed by atoms with Gasteiger partial charge in [0, 0.05) is 23.8 Å². The number of rotatable bonds is 11. The molecule has 4 rings (SSSR count). The molecule has 12 heteroatoms. The van der Waals surface area contributed by atoms with Gasteiger partial charge in [-0.3, -0.25) is 0 Å². The van der Waals surface area contributed by atoms with Gasteiger partial charge in [0.1, 0.15) is 13.0 Å². The van der Waals surface area contributed by atoms with Gasteiger partial charge in [-0.15, -0.1) is 0 Å². The highest BCUT2D eigenvalue weighted by molar-refractivity contribution is 7.93. The number of aromatic carboxylic acids is 1. The Kier molecular flexibility index (Phi) is 7.71. The van der Waals surface area contributed by atoms with Crippen LogP contribution in [0.25, 0.3) is 22.6 Å². The topological polar surface area (TPSA) is 145 Å². The molecule has 1 N–H and O–H groups in total. The van der Waals surface area contributed by atoms with Crippen molar-refractivity contribution in [3.05, 3.63) is 71.7 Å². The molecule has 11 nitrogen and oxygen atoms in total. The molecule has 0 spiro atoms. The van der Waals surface area contributed by atoms with Crippen LogP contribution in [0.1, 0.15) is 21.7 Å². The minimum atomic E-state index is -4.16. The molecule has 0 bridgehead atoms. The number of aromatic nitrogens is 2. The molecule has 0 aliphatic carbocycles. The van der Waals surface area contributed by atoms with Crippen LogP contribution in [0.15, 0.2) is 68.6 Å². The zero-order valence-corrected chi connectivity index (χ0v) is 21.2. The van der Waals surface area contributed by atoms with Gasteiger partial charge in [-0.1, -0.05) is 35.5 Å². The van der Waals surface area contributed by atoms with Crippen LogP contribution in [0, 0.1) is 13.8 Å². The van der Waals surface area contributed by atoms with Crippen LogP contribution in [0.4, 0.5) is 5.88 Å². The molecular weight excluding hydrogens is 502 g/mol. The number of carbonyl (C=O) groups is 1.